The quantitative estimate of drug-likeness (QED) is 0.369. The van der Waals surface area contributed by atoms with Gasteiger partial charge in [-0.15, -0.1) is 0 Å². The molecule has 0 aromatic carbocycles. The molecule has 0 amide bonds. The first kappa shape index (κ1) is 28.9. The minimum Gasteiger partial charge on any atom is -0.392 e. The van der Waals surface area contributed by atoms with Gasteiger partial charge in [-0.25, -0.2) is 0 Å². The zero-order valence-electron chi connectivity index (χ0n) is 23.5. The standard InChI is InChI=1S/C29H45O7P/c1-8-24(31)29(34-18-37(33,35-9-2)36-10-3)19(4)15-23-22-12-11-20-16-21(30)13-14-26(20,5)28(22,7)25(32)17-27(23,29)6/h13-14,16,19,22-23,25,32H,8-12,15,17-18H2,1-7H3/t19-,22+,23+,25+,26+,27+,28-,29+/m1/s1. The van der Waals surface area contributed by atoms with Gasteiger partial charge in [0, 0.05) is 22.7 Å². The number of aliphatic hydroxyl groups is 1. The molecular formula is C29H45O7P. The van der Waals surface area contributed by atoms with Gasteiger partial charge in [0.1, 0.15) is 11.9 Å². The molecule has 0 bridgehead atoms. The van der Waals surface area contributed by atoms with Gasteiger partial charge in [-0.05, 0) is 69.4 Å². The summed E-state index contributed by atoms with van der Waals surface area (Å²) < 4.78 is 31.0. The highest BCUT2D eigenvalue weighted by molar-refractivity contribution is 7.53. The minimum atomic E-state index is -3.55. The molecule has 0 radical (unpaired) electrons. The van der Waals surface area contributed by atoms with E-state index in [1.807, 2.05) is 13.0 Å². The summed E-state index contributed by atoms with van der Waals surface area (Å²) in [5, 5.41) is 12.0. The second-order valence-electron chi connectivity index (χ2n) is 12.1. The highest BCUT2D eigenvalue weighted by Gasteiger charge is 2.74. The zero-order valence-corrected chi connectivity index (χ0v) is 24.4. The highest BCUT2D eigenvalue weighted by atomic mass is 31.2. The monoisotopic (exact) mass is 536 g/mol. The van der Waals surface area contributed by atoms with E-state index in [1.165, 1.54) is 0 Å². The third-order valence-electron chi connectivity index (χ3n) is 10.8. The lowest BCUT2D eigenvalue weighted by Gasteiger charge is -2.66. The molecule has 3 fully saturated rings. The lowest BCUT2D eigenvalue weighted by atomic mass is 9.39. The number of hydrogen-bond donors (Lipinski definition) is 1. The summed E-state index contributed by atoms with van der Waals surface area (Å²) in [6.07, 6.45) is 7.48. The largest absolute Gasteiger partial charge is 0.392 e. The minimum absolute atomic E-state index is 0.00753. The first-order valence-electron chi connectivity index (χ1n) is 14.0. The van der Waals surface area contributed by atoms with Gasteiger partial charge in [0.2, 0.25) is 0 Å². The number of carbonyl (C=O) groups excluding carboxylic acids is 2. The van der Waals surface area contributed by atoms with Crippen LogP contribution in [0.4, 0.5) is 0 Å². The summed E-state index contributed by atoms with van der Waals surface area (Å²) in [5.41, 5.74) is -1.69. The molecule has 8 heteroatoms. The van der Waals surface area contributed by atoms with Crippen molar-refractivity contribution in [2.45, 2.75) is 92.3 Å². The van der Waals surface area contributed by atoms with Gasteiger partial charge in [-0.1, -0.05) is 46.3 Å². The van der Waals surface area contributed by atoms with Crippen LogP contribution in [0.3, 0.4) is 0 Å². The summed E-state index contributed by atoms with van der Waals surface area (Å²) in [6.45, 7) is 14.3. The van der Waals surface area contributed by atoms with Crippen LogP contribution >= 0.6 is 7.60 Å². The van der Waals surface area contributed by atoms with Gasteiger partial charge >= 0.3 is 7.60 Å². The van der Waals surface area contributed by atoms with Crippen LogP contribution < -0.4 is 0 Å². The number of aliphatic hydroxyl groups excluding tert-OH is 1. The average molecular weight is 537 g/mol. The van der Waals surface area contributed by atoms with Crippen LogP contribution in [0.2, 0.25) is 0 Å². The Morgan fingerprint density at radius 1 is 1.14 bits per heavy atom. The Hall–Kier alpha value is -1.11. The number of carbonyl (C=O) groups is 2. The molecule has 0 spiro atoms. The van der Waals surface area contributed by atoms with Crippen LogP contribution in [0.5, 0.6) is 0 Å². The smallest absolute Gasteiger partial charge is 0.356 e. The summed E-state index contributed by atoms with van der Waals surface area (Å²) >= 11 is 0. The van der Waals surface area contributed by atoms with Crippen molar-refractivity contribution in [3.8, 4) is 0 Å². The lowest BCUT2D eigenvalue weighted by Crippen LogP contribution is -2.67. The van der Waals surface area contributed by atoms with E-state index in [0.29, 0.717) is 6.42 Å². The van der Waals surface area contributed by atoms with Crippen LogP contribution in [0.15, 0.2) is 23.8 Å². The van der Waals surface area contributed by atoms with E-state index in [2.05, 4.69) is 27.7 Å². The molecule has 4 aliphatic carbocycles. The summed E-state index contributed by atoms with van der Waals surface area (Å²) in [6, 6.07) is 0. The van der Waals surface area contributed by atoms with E-state index in [4.69, 9.17) is 13.8 Å². The third kappa shape index (κ3) is 3.94. The van der Waals surface area contributed by atoms with Crippen LogP contribution in [-0.2, 0) is 27.9 Å². The molecule has 8 atom stereocenters. The van der Waals surface area contributed by atoms with Crippen molar-refractivity contribution in [3.63, 3.8) is 0 Å². The normalized spacial score (nSPS) is 43.1. The Labute approximate surface area is 221 Å². The number of Topliss-reactive ketones (excluding diaryl/α,β-unsaturated/α-hetero) is 1. The summed E-state index contributed by atoms with van der Waals surface area (Å²) in [5.74, 6) is 0.104. The van der Waals surface area contributed by atoms with Crippen molar-refractivity contribution in [2.24, 2.45) is 34.0 Å². The number of allylic oxidation sites excluding steroid dienone is 4. The third-order valence-corrected chi connectivity index (χ3v) is 12.5. The summed E-state index contributed by atoms with van der Waals surface area (Å²) in [4.78, 5) is 26.1. The maximum atomic E-state index is 13.9. The van der Waals surface area contributed by atoms with Crippen LogP contribution in [0, 0.1) is 34.0 Å². The second-order valence-corrected chi connectivity index (χ2v) is 14.1. The van der Waals surface area contributed by atoms with Crippen LogP contribution in [0.25, 0.3) is 0 Å². The van der Waals surface area contributed by atoms with Crippen molar-refractivity contribution in [2.75, 3.05) is 19.6 Å². The first-order chi connectivity index (χ1) is 17.3. The van der Waals surface area contributed by atoms with E-state index in [0.717, 1.165) is 24.8 Å². The van der Waals surface area contributed by atoms with Gasteiger partial charge in [0.25, 0.3) is 0 Å². The second kappa shape index (κ2) is 9.82. The van der Waals surface area contributed by atoms with E-state index in [9.17, 15) is 19.3 Å². The maximum absolute atomic E-state index is 13.9. The SMILES string of the molecule is CCOP(=O)(CO[C@]1(C(=O)CC)[C@H](C)C[C@H]2[C@@H]3CCC4=CC(=O)C=C[C@]4(C)[C@@]3(C)[C@@H](O)C[C@@]21C)OCC. The molecule has 0 unspecified atom stereocenters. The fourth-order valence-electron chi connectivity index (χ4n) is 8.89. The molecule has 0 heterocycles. The van der Waals surface area contributed by atoms with Crippen LogP contribution in [0.1, 0.15) is 80.6 Å². The van der Waals surface area contributed by atoms with Gasteiger partial charge < -0.3 is 18.9 Å². The molecule has 4 aliphatic rings. The Morgan fingerprint density at radius 3 is 2.38 bits per heavy atom. The number of fused-ring (bicyclic) bond motifs is 5. The molecule has 0 saturated heterocycles. The molecule has 208 valence electrons. The van der Waals surface area contributed by atoms with Gasteiger partial charge in [0.05, 0.1) is 19.3 Å². The lowest BCUT2D eigenvalue weighted by molar-refractivity contribution is -0.216. The number of ether oxygens (including phenoxy) is 1. The van der Waals surface area contributed by atoms with Crippen molar-refractivity contribution in [1.82, 2.24) is 0 Å². The first-order valence-corrected chi connectivity index (χ1v) is 15.7. The molecule has 4 rings (SSSR count). The predicted octanol–water partition coefficient (Wildman–Crippen LogP) is 5.86. The van der Waals surface area contributed by atoms with E-state index < -0.39 is 35.5 Å². The number of ketones is 2. The molecular weight excluding hydrogens is 491 g/mol. The Morgan fingerprint density at radius 2 is 1.78 bits per heavy atom. The molecule has 0 aromatic heterocycles. The Bertz CT molecular complexity index is 1040. The summed E-state index contributed by atoms with van der Waals surface area (Å²) in [7, 11) is -3.55. The fourth-order valence-corrected chi connectivity index (χ4v) is 10.3. The molecule has 37 heavy (non-hydrogen) atoms. The van der Waals surface area contributed by atoms with E-state index in [-0.39, 0.29) is 55.3 Å². The topological polar surface area (TPSA) is 99.1 Å². The van der Waals surface area contributed by atoms with Gasteiger partial charge in [0.15, 0.2) is 11.6 Å². The molecule has 7 nitrogen and oxygen atoms in total. The van der Waals surface area contributed by atoms with Gasteiger partial charge in [-0.3, -0.25) is 14.2 Å². The fraction of sp³-hybridized carbons (Fsp3) is 0.793. The van der Waals surface area contributed by atoms with Crippen molar-refractivity contribution in [3.05, 3.63) is 23.8 Å². The van der Waals surface area contributed by atoms with E-state index >= 15 is 0 Å². The zero-order chi connectivity index (χ0) is 27.4. The molecule has 3 saturated carbocycles. The van der Waals surface area contributed by atoms with Gasteiger partial charge in [-0.2, -0.15) is 0 Å². The van der Waals surface area contributed by atoms with Crippen molar-refractivity contribution < 1.29 is 33.0 Å². The van der Waals surface area contributed by atoms with E-state index in [1.54, 1.807) is 26.0 Å². The number of hydrogen-bond acceptors (Lipinski definition) is 7. The highest BCUT2D eigenvalue weighted by Crippen LogP contribution is 2.73. The molecule has 0 aliphatic heterocycles. The Kier molecular flexibility index (Phi) is 7.66. The molecule has 1 N–H and O–H groups in total. The Balaban J connectivity index is 1.78. The van der Waals surface area contributed by atoms with Crippen LogP contribution in [-0.4, -0.2) is 47.9 Å². The molecule has 0 aromatic rings. The predicted molar refractivity (Wildman–Crippen MR) is 142 cm³/mol. The maximum Gasteiger partial charge on any atom is 0.356 e. The number of rotatable bonds is 9. The van der Waals surface area contributed by atoms with Crippen molar-refractivity contribution in [1.29, 1.82) is 0 Å². The van der Waals surface area contributed by atoms with Crippen molar-refractivity contribution >= 4 is 19.2 Å². The average Bonchev–Trinajstić information content (AvgIpc) is 3.05.